The third-order valence-electron chi connectivity index (χ3n) is 4.37. The van der Waals surface area contributed by atoms with Crippen molar-refractivity contribution >= 4 is 35.8 Å². The minimum Gasteiger partial charge on any atom is -0.497 e. The van der Waals surface area contributed by atoms with Gasteiger partial charge in [0.2, 0.25) is 0 Å². The zero-order chi connectivity index (χ0) is 20.5. The molecule has 0 aliphatic rings. The quantitative estimate of drug-likeness (QED) is 0.339. The molecule has 2 aromatic rings. The Bertz CT molecular complexity index is 825. The maximum atomic E-state index is 11.6. The predicted molar refractivity (Wildman–Crippen MR) is 126 cm³/mol. The van der Waals surface area contributed by atoms with E-state index >= 15 is 0 Å². The molecule has 0 radical (unpaired) electrons. The van der Waals surface area contributed by atoms with E-state index in [1.54, 1.807) is 28.3 Å². The van der Waals surface area contributed by atoms with Gasteiger partial charge in [0.25, 0.3) is 5.91 Å². The average Bonchev–Trinajstić information content (AvgIpc) is 2.74. The smallest absolute Gasteiger partial charge is 0.251 e. The molecule has 29 heavy (non-hydrogen) atoms. The Kier molecular flexibility index (Phi) is 10.3. The van der Waals surface area contributed by atoms with Crippen LogP contribution in [0.4, 0.5) is 0 Å². The maximum Gasteiger partial charge on any atom is 0.251 e. The van der Waals surface area contributed by atoms with Gasteiger partial charge in [0.05, 0.1) is 14.2 Å². The highest BCUT2D eigenvalue weighted by Crippen LogP contribution is 2.25. The Morgan fingerprint density at radius 2 is 1.79 bits per heavy atom. The summed E-state index contributed by atoms with van der Waals surface area (Å²) in [4.78, 5) is 18.0. The van der Waals surface area contributed by atoms with E-state index in [1.165, 1.54) is 0 Å². The van der Waals surface area contributed by atoms with Crippen molar-refractivity contribution in [3.8, 4) is 11.5 Å². The van der Waals surface area contributed by atoms with Crippen LogP contribution in [0.5, 0.6) is 11.5 Å². The number of aliphatic imine (C=N–C) groups is 1. The first-order chi connectivity index (χ1) is 13.5. The molecule has 0 spiro atoms. The number of ether oxygens (including phenoxy) is 2. The Labute approximate surface area is 189 Å². The van der Waals surface area contributed by atoms with Gasteiger partial charge in [0.15, 0.2) is 5.96 Å². The lowest BCUT2D eigenvalue weighted by molar-refractivity contribution is 0.0963. The molecule has 0 atom stereocenters. The van der Waals surface area contributed by atoms with Gasteiger partial charge >= 0.3 is 0 Å². The molecule has 158 valence electrons. The van der Waals surface area contributed by atoms with E-state index in [-0.39, 0.29) is 29.9 Å². The first-order valence-corrected chi connectivity index (χ1v) is 8.96. The summed E-state index contributed by atoms with van der Waals surface area (Å²) < 4.78 is 10.7. The van der Waals surface area contributed by atoms with Crippen LogP contribution in [0.2, 0.25) is 0 Å². The van der Waals surface area contributed by atoms with Crippen molar-refractivity contribution in [2.24, 2.45) is 4.99 Å². The van der Waals surface area contributed by atoms with Gasteiger partial charge in [-0.1, -0.05) is 12.1 Å². The monoisotopic (exact) mass is 512 g/mol. The number of benzene rings is 2. The average molecular weight is 512 g/mol. The molecule has 0 aliphatic carbocycles. The van der Waals surface area contributed by atoms with Crippen molar-refractivity contribution in [3.63, 3.8) is 0 Å². The molecule has 0 aliphatic heterocycles. The highest BCUT2D eigenvalue weighted by molar-refractivity contribution is 14.0. The largest absolute Gasteiger partial charge is 0.497 e. The standard InChI is InChI=1S/C21H28N4O3.HI/c1-22-20(26)16-8-6-15(7-9-16)13-24-21(23-2)25(3)14-17-10-11-18(27-4)12-19(17)28-5;/h6-12H,13-14H2,1-5H3,(H,22,26)(H,23,24);1H. The summed E-state index contributed by atoms with van der Waals surface area (Å²) in [6.45, 7) is 1.23. The van der Waals surface area contributed by atoms with E-state index in [2.05, 4.69) is 15.6 Å². The van der Waals surface area contributed by atoms with Crippen LogP contribution in [-0.4, -0.2) is 52.1 Å². The molecule has 0 heterocycles. The number of amides is 1. The van der Waals surface area contributed by atoms with E-state index < -0.39 is 0 Å². The fourth-order valence-corrected chi connectivity index (χ4v) is 2.80. The van der Waals surface area contributed by atoms with Gasteiger partial charge in [0.1, 0.15) is 11.5 Å². The summed E-state index contributed by atoms with van der Waals surface area (Å²) >= 11 is 0. The topological polar surface area (TPSA) is 75.2 Å². The molecule has 8 heteroatoms. The Balaban J connectivity index is 0.00000420. The highest BCUT2D eigenvalue weighted by atomic mass is 127. The molecular formula is C21H29IN4O3. The second-order valence-corrected chi connectivity index (χ2v) is 6.21. The van der Waals surface area contributed by atoms with Crippen LogP contribution in [0.25, 0.3) is 0 Å². The van der Waals surface area contributed by atoms with Gasteiger partial charge in [-0.3, -0.25) is 9.79 Å². The number of guanidine groups is 1. The fourth-order valence-electron chi connectivity index (χ4n) is 2.80. The zero-order valence-electron chi connectivity index (χ0n) is 17.5. The van der Waals surface area contributed by atoms with Crippen LogP contribution in [0.3, 0.4) is 0 Å². The molecular weight excluding hydrogens is 483 g/mol. The van der Waals surface area contributed by atoms with Gasteiger partial charge in [-0.2, -0.15) is 0 Å². The van der Waals surface area contributed by atoms with Gasteiger partial charge in [0, 0.05) is 51.4 Å². The van der Waals surface area contributed by atoms with E-state index in [0.717, 1.165) is 28.6 Å². The van der Waals surface area contributed by atoms with Crippen LogP contribution >= 0.6 is 24.0 Å². The number of methoxy groups -OCH3 is 2. The number of nitrogens with one attached hydrogen (secondary N) is 2. The molecule has 7 nitrogen and oxygen atoms in total. The van der Waals surface area contributed by atoms with Crippen molar-refractivity contribution in [1.82, 2.24) is 15.5 Å². The molecule has 2 rings (SSSR count). The van der Waals surface area contributed by atoms with Crippen LogP contribution in [0.15, 0.2) is 47.5 Å². The van der Waals surface area contributed by atoms with E-state index in [9.17, 15) is 4.79 Å². The summed E-state index contributed by atoms with van der Waals surface area (Å²) in [6.07, 6.45) is 0. The van der Waals surface area contributed by atoms with Crippen molar-refractivity contribution < 1.29 is 14.3 Å². The van der Waals surface area contributed by atoms with Crippen LogP contribution in [-0.2, 0) is 13.1 Å². The second-order valence-electron chi connectivity index (χ2n) is 6.21. The second kappa shape index (κ2) is 12.2. The normalized spacial score (nSPS) is 10.6. The molecule has 1 amide bonds. The molecule has 2 N–H and O–H groups in total. The van der Waals surface area contributed by atoms with Gasteiger partial charge in [-0.15, -0.1) is 24.0 Å². The maximum absolute atomic E-state index is 11.6. The zero-order valence-corrected chi connectivity index (χ0v) is 19.8. The van der Waals surface area contributed by atoms with Crippen molar-refractivity contribution in [3.05, 3.63) is 59.2 Å². The molecule has 0 unspecified atom stereocenters. The van der Waals surface area contributed by atoms with Gasteiger partial charge < -0.3 is 25.0 Å². The predicted octanol–water partition coefficient (Wildman–Crippen LogP) is 2.89. The number of halogens is 1. The Morgan fingerprint density at radius 1 is 1.10 bits per heavy atom. The van der Waals surface area contributed by atoms with Gasteiger partial charge in [-0.05, 0) is 29.8 Å². The van der Waals surface area contributed by atoms with Gasteiger partial charge in [-0.25, -0.2) is 0 Å². The lowest BCUT2D eigenvalue weighted by atomic mass is 10.1. The van der Waals surface area contributed by atoms with E-state index in [1.807, 2.05) is 54.4 Å². The van der Waals surface area contributed by atoms with Crippen LogP contribution in [0.1, 0.15) is 21.5 Å². The minimum absolute atomic E-state index is 0. The Morgan fingerprint density at radius 3 is 2.34 bits per heavy atom. The minimum atomic E-state index is -0.0940. The first-order valence-electron chi connectivity index (χ1n) is 8.96. The van der Waals surface area contributed by atoms with E-state index in [4.69, 9.17) is 9.47 Å². The lowest BCUT2D eigenvalue weighted by Crippen LogP contribution is -2.38. The Hall–Kier alpha value is -2.49. The molecule has 0 aromatic heterocycles. The SMILES string of the molecule is CN=C(NCc1ccc(C(=O)NC)cc1)N(C)Cc1ccc(OC)cc1OC.I. The van der Waals surface area contributed by atoms with Crippen LogP contribution in [0, 0.1) is 0 Å². The van der Waals surface area contributed by atoms with Crippen molar-refractivity contribution in [2.45, 2.75) is 13.1 Å². The molecule has 0 saturated heterocycles. The number of nitrogens with zero attached hydrogens (tertiary/aromatic N) is 2. The molecule has 2 aromatic carbocycles. The summed E-state index contributed by atoms with van der Waals surface area (Å²) in [5, 5.41) is 5.95. The third-order valence-corrected chi connectivity index (χ3v) is 4.37. The van der Waals surface area contributed by atoms with Crippen molar-refractivity contribution in [1.29, 1.82) is 0 Å². The molecule has 0 saturated carbocycles. The molecule has 0 bridgehead atoms. The van der Waals surface area contributed by atoms with Crippen molar-refractivity contribution in [2.75, 3.05) is 35.4 Å². The van der Waals surface area contributed by atoms with Crippen LogP contribution < -0.4 is 20.1 Å². The summed E-state index contributed by atoms with van der Waals surface area (Å²) in [7, 11) is 8.61. The first kappa shape index (κ1) is 24.5. The lowest BCUT2D eigenvalue weighted by Gasteiger charge is -2.23. The highest BCUT2D eigenvalue weighted by Gasteiger charge is 2.11. The summed E-state index contributed by atoms with van der Waals surface area (Å²) in [5.74, 6) is 2.19. The number of rotatable bonds is 7. The summed E-state index contributed by atoms with van der Waals surface area (Å²) in [6, 6.07) is 13.2. The number of hydrogen-bond donors (Lipinski definition) is 2. The summed E-state index contributed by atoms with van der Waals surface area (Å²) in [5.41, 5.74) is 2.73. The van der Waals surface area contributed by atoms with E-state index in [0.29, 0.717) is 18.7 Å². The number of carbonyl (C=O) groups excluding carboxylic acids is 1. The molecule has 0 fully saturated rings. The third kappa shape index (κ3) is 6.81. The fraction of sp³-hybridized carbons (Fsp3) is 0.333. The number of hydrogen-bond acceptors (Lipinski definition) is 4. The number of carbonyl (C=O) groups is 1.